The summed E-state index contributed by atoms with van der Waals surface area (Å²) in [7, 11) is -2.10. The molecule has 0 N–H and O–H groups in total. The van der Waals surface area contributed by atoms with Gasteiger partial charge in [0.25, 0.3) is 5.69 Å². The van der Waals surface area contributed by atoms with Crippen LogP contribution in [0.2, 0.25) is 0 Å². The number of nitro groups is 1. The largest absolute Gasteiger partial charge is 0.486 e. The van der Waals surface area contributed by atoms with Crippen LogP contribution in [0.3, 0.4) is 0 Å². The van der Waals surface area contributed by atoms with Gasteiger partial charge in [0.15, 0.2) is 17.6 Å². The lowest BCUT2D eigenvalue weighted by Crippen LogP contribution is -2.39. The first-order chi connectivity index (χ1) is 14.3. The zero-order valence-electron chi connectivity index (χ0n) is 17.1. The van der Waals surface area contributed by atoms with Crippen LogP contribution in [0, 0.1) is 10.1 Å². The molecule has 0 radical (unpaired) electrons. The van der Waals surface area contributed by atoms with Crippen LogP contribution in [0.5, 0.6) is 11.5 Å². The molecule has 0 aliphatic carbocycles. The fourth-order valence-electron chi connectivity index (χ4n) is 3.40. The van der Waals surface area contributed by atoms with Gasteiger partial charge in [0, 0.05) is 26.2 Å². The molecule has 0 unspecified atom stereocenters. The molecular weight excluding hydrogens is 410 g/mol. The molecular formula is C20H25N3O6S. The number of sulfonamides is 1. The average molecular weight is 436 g/mol. The van der Waals surface area contributed by atoms with Crippen molar-refractivity contribution in [2.75, 3.05) is 38.2 Å². The van der Waals surface area contributed by atoms with Gasteiger partial charge in [0.05, 0.1) is 16.4 Å². The van der Waals surface area contributed by atoms with Crippen LogP contribution in [0.4, 0.5) is 11.4 Å². The molecule has 0 bridgehead atoms. The molecule has 1 atom stereocenters. The molecule has 2 aromatic carbocycles. The van der Waals surface area contributed by atoms with Crippen LogP contribution in [-0.2, 0) is 10.0 Å². The zero-order valence-corrected chi connectivity index (χ0v) is 18.0. The van der Waals surface area contributed by atoms with Crippen molar-refractivity contribution < 1.29 is 22.8 Å². The van der Waals surface area contributed by atoms with Crippen LogP contribution in [0.15, 0.2) is 47.4 Å². The quantitative estimate of drug-likeness (QED) is 0.464. The van der Waals surface area contributed by atoms with Crippen molar-refractivity contribution >= 4 is 21.4 Å². The number of benzene rings is 2. The molecule has 1 aliphatic rings. The summed E-state index contributed by atoms with van der Waals surface area (Å²) in [6.07, 6.45) is -0.330. The standard InChI is InChI=1S/C20H25N3O6S/c1-4-22(5-2)30(26,27)16-10-11-17(18(12-16)23(24)25)21(3)13-15-14-28-19-8-6-7-9-20(19)29-15/h6-12,15H,4-5,13-14H2,1-3H3/t15-/m0/s1. The molecule has 0 aromatic heterocycles. The van der Waals surface area contributed by atoms with E-state index in [1.54, 1.807) is 31.9 Å². The van der Waals surface area contributed by atoms with Gasteiger partial charge in [-0.15, -0.1) is 0 Å². The SMILES string of the molecule is CCN(CC)S(=O)(=O)c1ccc(N(C)C[C@H]2COc3ccccc3O2)c([N+](=O)[O-])c1. The average Bonchev–Trinajstić information content (AvgIpc) is 2.73. The van der Waals surface area contributed by atoms with E-state index in [0.29, 0.717) is 30.3 Å². The van der Waals surface area contributed by atoms with Crippen LogP contribution >= 0.6 is 0 Å². The number of ether oxygens (including phenoxy) is 2. The highest BCUT2D eigenvalue weighted by atomic mass is 32.2. The Labute approximate surface area is 176 Å². The maximum atomic E-state index is 12.7. The third kappa shape index (κ3) is 4.34. The Morgan fingerprint density at radius 3 is 2.43 bits per heavy atom. The summed E-state index contributed by atoms with van der Waals surface area (Å²) in [5, 5.41) is 11.7. The fraction of sp³-hybridized carbons (Fsp3) is 0.400. The van der Waals surface area contributed by atoms with E-state index >= 15 is 0 Å². The number of nitrogens with zero attached hydrogens (tertiary/aromatic N) is 3. The van der Waals surface area contributed by atoms with Crippen LogP contribution < -0.4 is 14.4 Å². The number of hydrogen-bond acceptors (Lipinski definition) is 7. The van der Waals surface area contributed by atoms with Crippen molar-refractivity contribution in [3.05, 3.63) is 52.6 Å². The second-order valence-electron chi connectivity index (χ2n) is 6.88. The number of likely N-dealkylation sites (N-methyl/N-ethyl adjacent to an activating group) is 1. The predicted molar refractivity (Wildman–Crippen MR) is 113 cm³/mol. The molecule has 0 amide bonds. The summed E-state index contributed by atoms with van der Waals surface area (Å²) in [5.41, 5.74) is 0.0313. The summed E-state index contributed by atoms with van der Waals surface area (Å²) in [4.78, 5) is 12.7. The topological polar surface area (TPSA) is 102 Å². The van der Waals surface area contributed by atoms with Gasteiger partial charge < -0.3 is 14.4 Å². The number of fused-ring (bicyclic) bond motifs is 1. The summed E-state index contributed by atoms with van der Waals surface area (Å²) in [6.45, 7) is 4.66. The Morgan fingerprint density at radius 1 is 1.13 bits per heavy atom. The van der Waals surface area contributed by atoms with E-state index in [4.69, 9.17) is 9.47 Å². The highest BCUT2D eigenvalue weighted by molar-refractivity contribution is 7.89. The fourth-order valence-corrected chi connectivity index (χ4v) is 4.88. The number of anilines is 1. The third-order valence-electron chi connectivity index (χ3n) is 4.94. The Hall–Kier alpha value is -2.85. The number of hydrogen-bond donors (Lipinski definition) is 0. The Kier molecular flexibility index (Phi) is 6.47. The van der Waals surface area contributed by atoms with Gasteiger partial charge in [0.2, 0.25) is 10.0 Å². The summed E-state index contributed by atoms with van der Waals surface area (Å²) >= 11 is 0. The minimum atomic E-state index is -3.79. The normalized spacial score (nSPS) is 15.8. The van der Waals surface area contributed by atoms with E-state index in [9.17, 15) is 18.5 Å². The van der Waals surface area contributed by atoms with E-state index < -0.39 is 14.9 Å². The van der Waals surface area contributed by atoms with E-state index in [2.05, 4.69) is 0 Å². The molecule has 162 valence electrons. The monoisotopic (exact) mass is 435 g/mol. The second-order valence-corrected chi connectivity index (χ2v) is 8.81. The third-order valence-corrected chi connectivity index (χ3v) is 6.99. The number of rotatable bonds is 8. The molecule has 2 aromatic rings. The van der Waals surface area contributed by atoms with Gasteiger partial charge in [-0.25, -0.2) is 8.42 Å². The van der Waals surface area contributed by atoms with Gasteiger partial charge in [-0.05, 0) is 24.3 Å². The number of para-hydroxylation sites is 2. The van der Waals surface area contributed by atoms with Crippen molar-refractivity contribution in [1.82, 2.24) is 4.31 Å². The maximum absolute atomic E-state index is 12.7. The molecule has 1 heterocycles. The Morgan fingerprint density at radius 2 is 1.80 bits per heavy atom. The highest BCUT2D eigenvalue weighted by Gasteiger charge is 2.28. The van der Waals surface area contributed by atoms with E-state index in [1.165, 1.54) is 16.4 Å². The first kappa shape index (κ1) is 21.8. The Balaban J connectivity index is 1.84. The molecule has 0 spiro atoms. The first-order valence-corrected chi connectivity index (χ1v) is 11.1. The molecule has 3 rings (SSSR count). The maximum Gasteiger partial charge on any atom is 0.293 e. The van der Waals surface area contributed by atoms with Gasteiger partial charge in [-0.3, -0.25) is 10.1 Å². The van der Waals surface area contributed by atoms with Crippen molar-refractivity contribution in [3.63, 3.8) is 0 Å². The van der Waals surface area contributed by atoms with Gasteiger partial charge in [0.1, 0.15) is 12.3 Å². The molecule has 1 aliphatic heterocycles. The lowest BCUT2D eigenvalue weighted by atomic mass is 10.2. The van der Waals surface area contributed by atoms with Gasteiger partial charge in [-0.1, -0.05) is 26.0 Å². The van der Waals surface area contributed by atoms with Gasteiger partial charge >= 0.3 is 0 Å². The predicted octanol–water partition coefficient (Wildman–Crippen LogP) is 2.90. The lowest BCUT2D eigenvalue weighted by Gasteiger charge is -2.30. The molecule has 0 saturated heterocycles. The number of nitro benzene ring substituents is 1. The van der Waals surface area contributed by atoms with Crippen LogP contribution in [0.25, 0.3) is 0 Å². The Bertz CT molecular complexity index is 1020. The minimum absolute atomic E-state index is 0.0961. The van der Waals surface area contributed by atoms with Crippen molar-refractivity contribution in [3.8, 4) is 11.5 Å². The van der Waals surface area contributed by atoms with Crippen molar-refractivity contribution in [2.45, 2.75) is 24.8 Å². The molecule has 10 heteroatoms. The zero-order chi connectivity index (χ0) is 21.9. The van der Waals surface area contributed by atoms with E-state index in [1.807, 2.05) is 18.2 Å². The molecule has 0 fully saturated rings. The molecule has 0 saturated carbocycles. The van der Waals surface area contributed by atoms with E-state index in [0.717, 1.165) is 6.07 Å². The first-order valence-electron chi connectivity index (χ1n) is 9.66. The van der Waals surface area contributed by atoms with Crippen LogP contribution in [0.1, 0.15) is 13.8 Å². The van der Waals surface area contributed by atoms with Crippen LogP contribution in [-0.4, -0.2) is 57.0 Å². The van der Waals surface area contributed by atoms with E-state index in [-0.39, 0.29) is 29.8 Å². The minimum Gasteiger partial charge on any atom is -0.486 e. The highest BCUT2D eigenvalue weighted by Crippen LogP contribution is 2.34. The summed E-state index contributed by atoms with van der Waals surface area (Å²) in [6, 6.07) is 11.3. The molecule has 9 nitrogen and oxygen atoms in total. The molecule has 30 heavy (non-hydrogen) atoms. The van der Waals surface area contributed by atoms with Crippen molar-refractivity contribution in [1.29, 1.82) is 0 Å². The second kappa shape index (κ2) is 8.88. The summed E-state index contributed by atoms with van der Waals surface area (Å²) < 4.78 is 38.4. The lowest BCUT2D eigenvalue weighted by molar-refractivity contribution is -0.384. The smallest absolute Gasteiger partial charge is 0.293 e. The van der Waals surface area contributed by atoms with Gasteiger partial charge in [-0.2, -0.15) is 4.31 Å². The van der Waals surface area contributed by atoms with Crippen molar-refractivity contribution in [2.24, 2.45) is 0 Å². The summed E-state index contributed by atoms with van der Waals surface area (Å²) in [5.74, 6) is 1.28.